The summed E-state index contributed by atoms with van der Waals surface area (Å²) in [4.78, 5) is 22.5. The van der Waals surface area contributed by atoms with E-state index in [0.717, 1.165) is 13.8 Å². The molecule has 29 heavy (non-hydrogen) atoms. The third-order valence-corrected chi connectivity index (χ3v) is 4.72. The molecular formula is C16H27FN2O10. The van der Waals surface area contributed by atoms with Crippen LogP contribution in [0, 0.1) is 0 Å². The maximum Gasteiger partial charge on any atom is 0.217 e. The number of ether oxygens (including phenoxy) is 3. The van der Waals surface area contributed by atoms with E-state index in [2.05, 4.69) is 10.6 Å². The number of aliphatic hydroxyl groups is 5. The van der Waals surface area contributed by atoms with Crippen LogP contribution in [0.4, 0.5) is 4.39 Å². The predicted molar refractivity (Wildman–Crippen MR) is 90.7 cm³/mol. The van der Waals surface area contributed by atoms with Crippen molar-refractivity contribution in [2.24, 2.45) is 0 Å². The van der Waals surface area contributed by atoms with Gasteiger partial charge in [0.25, 0.3) is 0 Å². The molecule has 7 N–H and O–H groups in total. The summed E-state index contributed by atoms with van der Waals surface area (Å²) in [7, 11) is 0. The largest absolute Gasteiger partial charge is 0.394 e. The van der Waals surface area contributed by atoms with Crippen LogP contribution in [0.2, 0.25) is 0 Å². The van der Waals surface area contributed by atoms with Gasteiger partial charge in [-0.1, -0.05) is 0 Å². The highest BCUT2D eigenvalue weighted by atomic mass is 19.1. The van der Waals surface area contributed by atoms with Crippen LogP contribution < -0.4 is 10.6 Å². The molecule has 168 valence electrons. The highest BCUT2D eigenvalue weighted by Crippen LogP contribution is 2.26. The Morgan fingerprint density at radius 3 is 2.07 bits per heavy atom. The molecule has 0 aromatic heterocycles. The number of hydrogen-bond donors (Lipinski definition) is 7. The molecule has 10 atom stereocenters. The van der Waals surface area contributed by atoms with Gasteiger partial charge in [0.1, 0.15) is 42.6 Å². The number of hydrogen-bond acceptors (Lipinski definition) is 10. The van der Waals surface area contributed by atoms with Gasteiger partial charge in [0.2, 0.25) is 11.8 Å². The average molecular weight is 426 g/mol. The van der Waals surface area contributed by atoms with Gasteiger partial charge in [-0.2, -0.15) is 0 Å². The summed E-state index contributed by atoms with van der Waals surface area (Å²) >= 11 is 0. The molecule has 0 aromatic carbocycles. The Hall–Kier alpha value is -1.45. The lowest BCUT2D eigenvalue weighted by Crippen LogP contribution is -2.65. The summed E-state index contributed by atoms with van der Waals surface area (Å²) in [5.41, 5.74) is 0. The number of halogens is 1. The van der Waals surface area contributed by atoms with Crippen molar-refractivity contribution in [2.75, 3.05) is 13.2 Å². The second kappa shape index (κ2) is 10.0. The lowest BCUT2D eigenvalue weighted by atomic mass is 9.96. The molecule has 0 radical (unpaired) electrons. The van der Waals surface area contributed by atoms with Gasteiger partial charge in [-0.15, -0.1) is 0 Å². The minimum absolute atomic E-state index is 0.495. The smallest absolute Gasteiger partial charge is 0.217 e. The van der Waals surface area contributed by atoms with Gasteiger partial charge in [0, 0.05) is 13.8 Å². The maximum absolute atomic E-state index is 14.1. The minimum atomic E-state index is -1.99. The molecule has 0 aromatic rings. The summed E-state index contributed by atoms with van der Waals surface area (Å²) in [6, 6.07) is -2.60. The molecule has 2 fully saturated rings. The number of carbonyl (C=O) groups is 2. The summed E-state index contributed by atoms with van der Waals surface area (Å²) < 4.78 is 29.9. The molecule has 0 aliphatic carbocycles. The van der Waals surface area contributed by atoms with Crippen LogP contribution in [-0.2, 0) is 23.8 Å². The Kier molecular flexibility index (Phi) is 8.25. The van der Waals surface area contributed by atoms with Crippen molar-refractivity contribution in [3.8, 4) is 0 Å². The zero-order chi connectivity index (χ0) is 21.9. The van der Waals surface area contributed by atoms with E-state index in [1.807, 2.05) is 0 Å². The Morgan fingerprint density at radius 2 is 1.52 bits per heavy atom. The van der Waals surface area contributed by atoms with E-state index in [0.29, 0.717) is 0 Å². The number of carbonyl (C=O) groups excluding carboxylic acids is 2. The number of rotatable bonds is 6. The van der Waals surface area contributed by atoms with Crippen LogP contribution in [0.1, 0.15) is 13.8 Å². The minimum Gasteiger partial charge on any atom is -0.394 e. The van der Waals surface area contributed by atoms with Gasteiger partial charge < -0.3 is 50.4 Å². The zero-order valence-corrected chi connectivity index (χ0v) is 15.8. The molecule has 2 aliphatic heterocycles. The Balaban J connectivity index is 2.05. The lowest BCUT2D eigenvalue weighted by molar-refractivity contribution is -0.292. The first-order chi connectivity index (χ1) is 13.6. The number of alkyl halides is 1. The first kappa shape index (κ1) is 23.8. The van der Waals surface area contributed by atoms with E-state index in [9.17, 15) is 39.5 Å². The third kappa shape index (κ3) is 5.58. The molecule has 0 unspecified atom stereocenters. The topological polar surface area (TPSA) is 187 Å². The molecule has 0 bridgehead atoms. The number of nitrogens with one attached hydrogen (secondary N) is 2. The highest BCUT2D eigenvalue weighted by molar-refractivity contribution is 5.73. The van der Waals surface area contributed by atoms with Gasteiger partial charge in [0.05, 0.1) is 13.2 Å². The van der Waals surface area contributed by atoms with Crippen LogP contribution >= 0.6 is 0 Å². The first-order valence-electron chi connectivity index (χ1n) is 9.00. The van der Waals surface area contributed by atoms with Crippen LogP contribution in [0.25, 0.3) is 0 Å². The quantitative estimate of drug-likeness (QED) is 0.220. The Bertz CT molecular complexity index is 584. The molecule has 13 heteroatoms. The van der Waals surface area contributed by atoms with Crippen molar-refractivity contribution in [3.63, 3.8) is 0 Å². The van der Waals surface area contributed by atoms with E-state index in [-0.39, 0.29) is 0 Å². The number of aliphatic hydroxyl groups excluding tert-OH is 5. The highest BCUT2D eigenvalue weighted by Gasteiger charge is 2.48. The summed E-state index contributed by atoms with van der Waals surface area (Å²) in [5.74, 6) is -1.16. The van der Waals surface area contributed by atoms with Crippen molar-refractivity contribution in [2.45, 2.75) is 75.2 Å². The van der Waals surface area contributed by atoms with Crippen LogP contribution in [0.15, 0.2) is 0 Å². The van der Waals surface area contributed by atoms with Crippen molar-refractivity contribution in [3.05, 3.63) is 0 Å². The van der Waals surface area contributed by atoms with Gasteiger partial charge in [0.15, 0.2) is 18.8 Å². The van der Waals surface area contributed by atoms with E-state index in [1.54, 1.807) is 0 Å². The lowest BCUT2D eigenvalue weighted by Gasteiger charge is -2.43. The molecule has 2 rings (SSSR count). The van der Waals surface area contributed by atoms with Gasteiger partial charge >= 0.3 is 0 Å². The summed E-state index contributed by atoms with van der Waals surface area (Å²) in [6.45, 7) is 1.04. The zero-order valence-electron chi connectivity index (χ0n) is 15.8. The van der Waals surface area contributed by atoms with Crippen LogP contribution in [0.5, 0.6) is 0 Å². The monoisotopic (exact) mass is 426 g/mol. The Morgan fingerprint density at radius 1 is 0.931 bits per heavy atom. The standard InChI is InChI=1S/C16H27FN2O10/c1-5(21)18-10-14(25)12(23)8(28-15(10)26)4-27-16-11(19-6(2)22)13(24)9(17)7(3-20)29-16/h7-16,20,23-26H,3-4H2,1-2H3,(H,18,21)(H,19,22)/t7-,8-,9-,10-,11-,12+,13+,14-,15+,16-/m1/s1. The van der Waals surface area contributed by atoms with Crippen molar-refractivity contribution >= 4 is 11.8 Å². The van der Waals surface area contributed by atoms with Gasteiger partial charge in [-0.05, 0) is 0 Å². The predicted octanol–water partition coefficient (Wildman–Crippen LogP) is -4.13. The fraction of sp³-hybridized carbons (Fsp3) is 0.875. The van der Waals surface area contributed by atoms with Crippen molar-refractivity contribution < 1.29 is 53.7 Å². The second-order valence-electron chi connectivity index (χ2n) is 6.99. The second-order valence-corrected chi connectivity index (χ2v) is 6.99. The van der Waals surface area contributed by atoms with Crippen molar-refractivity contribution in [1.82, 2.24) is 10.6 Å². The molecule has 2 heterocycles. The first-order valence-corrected chi connectivity index (χ1v) is 9.00. The molecule has 0 spiro atoms. The summed E-state index contributed by atoms with van der Waals surface area (Å²) in [5, 5.41) is 54.1. The molecule has 0 saturated carbocycles. The Labute approximate surface area is 165 Å². The molecule has 12 nitrogen and oxygen atoms in total. The van der Waals surface area contributed by atoms with Crippen LogP contribution in [0.3, 0.4) is 0 Å². The van der Waals surface area contributed by atoms with E-state index >= 15 is 0 Å². The molecule has 2 saturated heterocycles. The maximum atomic E-state index is 14.1. The average Bonchev–Trinajstić information content (AvgIpc) is 2.65. The van der Waals surface area contributed by atoms with Gasteiger partial charge in [-0.25, -0.2) is 4.39 Å². The van der Waals surface area contributed by atoms with E-state index < -0.39 is 86.4 Å². The number of amides is 2. The molecule has 2 amide bonds. The van der Waals surface area contributed by atoms with Crippen molar-refractivity contribution in [1.29, 1.82) is 0 Å². The molecular weight excluding hydrogens is 399 g/mol. The fourth-order valence-electron chi connectivity index (χ4n) is 3.25. The third-order valence-electron chi connectivity index (χ3n) is 4.72. The normalized spacial score (nSPS) is 42.9. The summed E-state index contributed by atoms with van der Waals surface area (Å²) in [6.07, 6.45) is -12.7. The molecule has 2 aliphatic rings. The van der Waals surface area contributed by atoms with Gasteiger partial charge in [-0.3, -0.25) is 9.59 Å². The SMILES string of the molecule is CC(=O)N[C@@H]1[C@@H](O)[C@@H](O)[C@@H](CO[C@@H]2O[C@H](CO)[C@@H](F)[C@H](O)[C@H]2NC(C)=O)O[C@@H]1O. The van der Waals surface area contributed by atoms with E-state index in [1.165, 1.54) is 0 Å². The fourth-order valence-corrected chi connectivity index (χ4v) is 3.25. The van der Waals surface area contributed by atoms with E-state index in [4.69, 9.17) is 14.2 Å². The van der Waals surface area contributed by atoms with Crippen LogP contribution in [-0.4, -0.2) is 112 Å².